The zero-order chi connectivity index (χ0) is 14.7. The molecular weight excluding hydrogens is 254 g/mol. The van der Waals surface area contributed by atoms with Gasteiger partial charge in [-0.15, -0.1) is 0 Å². The summed E-state index contributed by atoms with van der Waals surface area (Å²) >= 11 is 0. The Morgan fingerprint density at radius 2 is 2.05 bits per heavy atom. The van der Waals surface area contributed by atoms with Crippen LogP contribution in [-0.4, -0.2) is 34.5 Å². The largest absolute Gasteiger partial charge is 0.481 e. The minimum Gasteiger partial charge on any atom is -0.481 e. The standard InChI is InChI=1S/C16H21NO3/c1-3-12-6-4-5-7-14(12)15(18)17-9-8-13(16(19)20)10-11(17)2/h4-7,11,13H,3,8-10H2,1-2H3,(H,19,20). The van der Waals surface area contributed by atoms with Gasteiger partial charge in [-0.1, -0.05) is 25.1 Å². The monoisotopic (exact) mass is 275 g/mol. The average molecular weight is 275 g/mol. The summed E-state index contributed by atoms with van der Waals surface area (Å²) in [5.74, 6) is -1.05. The number of carbonyl (C=O) groups excluding carboxylic acids is 1. The summed E-state index contributed by atoms with van der Waals surface area (Å²) in [5, 5.41) is 9.08. The Hall–Kier alpha value is -1.84. The molecular formula is C16H21NO3. The maximum atomic E-state index is 12.6. The lowest BCUT2D eigenvalue weighted by atomic mass is 9.91. The van der Waals surface area contributed by atoms with Crippen molar-refractivity contribution in [2.45, 2.75) is 39.2 Å². The van der Waals surface area contributed by atoms with Gasteiger partial charge in [0.05, 0.1) is 5.92 Å². The van der Waals surface area contributed by atoms with Gasteiger partial charge in [-0.2, -0.15) is 0 Å². The predicted octanol–water partition coefficient (Wildman–Crippen LogP) is 2.57. The highest BCUT2D eigenvalue weighted by Crippen LogP contribution is 2.25. The van der Waals surface area contributed by atoms with E-state index in [2.05, 4.69) is 0 Å². The van der Waals surface area contributed by atoms with Gasteiger partial charge in [0.25, 0.3) is 5.91 Å². The molecule has 2 atom stereocenters. The van der Waals surface area contributed by atoms with Gasteiger partial charge in [-0.3, -0.25) is 9.59 Å². The molecule has 0 bridgehead atoms. The van der Waals surface area contributed by atoms with Crippen molar-refractivity contribution in [2.24, 2.45) is 5.92 Å². The molecule has 0 aliphatic carbocycles. The number of aryl methyl sites for hydroxylation is 1. The highest BCUT2D eigenvalue weighted by Gasteiger charge is 2.32. The Morgan fingerprint density at radius 3 is 2.65 bits per heavy atom. The molecule has 1 amide bonds. The van der Waals surface area contributed by atoms with E-state index in [4.69, 9.17) is 5.11 Å². The molecule has 0 radical (unpaired) electrons. The highest BCUT2D eigenvalue weighted by atomic mass is 16.4. The molecule has 1 saturated heterocycles. The number of hydrogen-bond acceptors (Lipinski definition) is 2. The van der Waals surface area contributed by atoms with E-state index in [0.717, 1.165) is 17.5 Å². The number of aliphatic carboxylic acids is 1. The number of rotatable bonds is 3. The van der Waals surface area contributed by atoms with Crippen molar-refractivity contribution in [1.82, 2.24) is 4.90 Å². The summed E-state index contributed by atoms with van der Waals surface area (Å²) in [5.41, 5.74) is 1.79. The summed E-state index contributed by atoms with van der Waals surface area (Å²) in [6.07, 6.45) is 1.90. The molecule has 0 saturated carbocycles. The van der Waals surface area contributed by atoms with Crippen LogP contribution in [0.25, 0.3) is 0 Å². The molecule has 4 nitrogen and oxygen atoms in total. The maximum absolute atomic E-state index is 12.6. The van der Waals surface area contributed by atoms with Crippen molar-refractivity contribution in [2.75, 3.05) is 6.54 Å². The first-order valence-electron chi connectivity index (χ1n) is 7.16. The topological polar surface area (TPSA) is 57.6 Å². The van der Waals surface area contributed by atoms with Crippen LogP contribution >= 0.6 is 0 Å². The first-order valence-corrected chi connectivity index (χ1v) is 7.16. The molecule has 1 aromatic rings. The average Bonchev–Trinajstić information content (AvgIpc) is 2.46. The summed E-state index contributed by atoms with van der Waals surface area (Å²) in [6.45, 7) is 4.49. The fourth-order valence-corrected chi connectivity index (χ4v) is 2.89. The lowest BCUT2D eigenvalue weighted by Crippen LogP contribution is -2.46. The van der Waals surface area contributed by atoms with Gasteiger partial charge in [0, 0.05) is 18.2 Å². The fraction of sp³-hybridized carbons (Fsp3) is 0.500. The molecule has 4 heteroatoms. The summed E-state index contributed by atoms with van der Waals surface area (Å²) < 4.78 is 0. The minimum absolute atomic E-state index is 0.0257. The molecule has 1 heterocycles. The summed E-state index contributed by atoms with van der Waals surface area (Å²) in [7, 11) is 0. The Bertz CT molecular complexity index is 512. The second-order valence-corrected chi connectivity index (χ2v) is 5.42. The third kappa shape index (κ3) is 2.84. The quantitative estimate of drug-likeness (QED) is 0.922. The van der Waals surface area contributed by atoms with E-state index < -0.39 is 5.97 Å². The first-order chi connectivity index (χ1) is 9.54. The van der Waals surface area contributed by atoms with Gasteiger partial charge in [-0.25, -0.2) is 0 Å². The minimum atomic E-state index is -0.752. The third-order valence-corrected chi connectivity index (χ3v) is 4.11. The molecule has 1 N–H and O–H groups in total. The molecule has 1 aromatic carbocycles. The lowest BCUT2D eigenvalue weighted by molar-refractivity contribution is -0.143. The predicted molar refractivity (Wildman–Crippen MR) is 76.7 cm³/mol. The number of hydrogen-bond donors (Lipinski definition) is 1. The number of carboxylic acid groups (broad SMARTS) is 1. The van der Waals surface area contributed by atoms with Crippen molar-refractivity contribution in [3.8, 4) is 0 Å². The number of nitrogens with zero attached hydrogens (tertiary/aromatic N) is 1. The van der Waals surface area contributed by atoms with Crippen molar-refractivity contribution in [3.63, 3.8) is 0 Å². The lowest BCUT2D eigenvalue weighted by Gasteiger charge is -2.36. The van der Waals surface area contributed by atoms with Gasteiger partial charge in [-0.05, 0) is 37.8 Å². The number of amides is 1. The second-order valence-electron chi connectivity index (χ2n) is 5.42. The molecule has 2 rings (SSSR count). The Morgan fingerprint density at radius 1 is 1.35 bits per heavy atom. The van der Waals surface area contributed by atoms with E-state index in [1.165, 1.54) is 0 Å². The van der Waals surface area contributed by atoms with Crippen LogP contribution in [0.3, 0.4) is 0 Å². The van der Waals surface area contributed by atoms with Crippen LogP contribution in [0.2, 0.25) is 0 Å². The summed E-state index contributed by atoms with van der Waals surface area (Å²) in [6, 6.07) is 7.62. The highest BCUT2D eigenvalue weighted by molar-refractivity contribution is 5.96. The van der Waals surface area contributed by atoms with Crippen LogP contribution in [0.15, 0.2) is 24.3 Å². The number of benzene rings is 1. The van der Waals surface area contributed by atoms with E-state index in [9.17, 15) is 9.59 Å². The summed E-state index contributed by atoms with van der Waals surface area (Å²) in [4.78, 5) is 25.5. The zero-order valence-corrected chi connectivity index (χ0v) is 12.0. The number of likely N-dealkylation sites (tertiary alicyclic amines) is 1. The maximum Gasteiger partial charge on any atom is 0.306 e. The fourth-order valence-electron chi connectivity index (χ4n) is 2.89. The van der Waals surface area contributed by atoms with Gasteiger partial charge >= 0.3 is 5.97 Å². The van der Waals surface area contributed by atoms with Crippen LogP contribution in [0.5, 0.6) is 0 Å². The van der Waals surface area contributed by atoms with Crippen LogP contribution in [-0.2, 0) is 11.2 Å². The van der Waals surface area contributed by atoms with Crippen molar-refractivity contribution in [3.05, 3.63) is 35.4 Å². The molecule has 1 aliphatic heterocycles. The third-order valence-electron chi connectivity index (χ3n) is 4.11. The van der Waals surface area contributed by atoms with Crippen molar-refractivity contribution < 1.29 is 14.7 Å². The molecule has 1 aliphatic rings. The molecule has 2 unspecified atom stereocenters. The van der Waals surface area contributed by atoms with Crippen LogP contribution in [0, 0.1) is 5.92 Å². The Labute approximate surface area is 119 Å². The number of carbonyl (C=O) groups is 2. The van der Waals surface area contributed by atoms with E-state index in [-0.39, 0.29) is 17.9 Å². The van der Waals surface area contributed by atoms with Gasteiger partial charge in [0.1, 0.15) is 0 Å². The number of piperidine rings is 1. The Kier molecular flexibility index (Phi) is 4.42. The molecule has 0 aromatic heterocycles. The van der Waals surface area contributed by atoms with E-state index in [1.807, 2.05) is 43.0 Å². The van der Waals surface area contributed by atoms with Crippen LogP contribution < -0.4 is 0 Å². The van der Waals surface area contributed by atoms with Crippen LogP contribution in [0.4, 0.5) is 0 Å². The van der Waals surface area contributed by atoms with Gasteiger partial charge in [0.2, 0.25) is 0 Å². The molecule has 1 fully saturated rings. The first kappa shape index (κ1) is 14.6. The van der Waals surface area contributed by atoms with Crippen LogP contribution in [0.1, 0.15) is 42.6 Å². The Balaban J connectivity index is 2.16. The SMILES string of the molecule is CCc1ccccc1C(=O)N1CCC(C(=O)O)CC1C. The van der Waals surface area contributed by atoms with E-state index >= 15 is 0 Å². The van der Waals surface area contributed by atoms with E-state index in [1.54, 1.807) is 0 Å². The normalized spacial score (nSPS) is 22.6. The smallest absolute Gasteiger partial charge is 0.306 e. The van der Waals surface area contributed by atoms with Gasteiger partial charge in [0.15, 0.2) is 0 Å². The van der Waals surface area contributed by atoms with E-state index in [0.29, 0.717) is 19.4 Å². The number of carboxylic acids is 1. The van der Waals surface area contributed by atoms with Gasteiger partial charge < -0.3 is 10.0 Å². The second kappa shape index (κ2) is 6.07. The zero-order valence-electron chi connectivity index (χ0n) is 12.0. The van der Waals surface area contributed by atoms with Crippen molar-refractivity contribution in [1.29, 1.82) is 0 Å². The molecule has 0 spiro atoms. The van der Waals surface area contributed by atoms with Crippen molar-refractivity contribution >= 4 is 11.9 Å². The molecule has 108 valence electrons. The molecule has 20 heavy (non-hydrogen) atoms.